The van der Waals surface area contributed by atoms with Crippen LogP contribution in [0.25, 0.3) is 21.8 Å². The van der Waals surface area contributed by atoms with Crippen molar-refractivity contribution in [2.45, 2.75) is 11.7 Å². The Morgan fingerprint density at radius 2 is 2.18 bits per heavy atom. The minimum Gasteiger partial charge on any atom is -0.368 e. The van der Waals surface area contributed by atoms with E-state index in [1.165, 1.54) is 0 Å². The van der Waals surface area contributed by atoms with Crippen molar-refractivity contribution >= 4 is 37.6 Å². The first-order chi connectivity index (χ1) is 10.5. The lowest BCUT2D eigenvalue weighted by atomic mass is 10.1. The van der Waals surface area contributed by atoms with E-state index < -0.39 is 15.4 Å². The summed E-state index contributed by atoms with van der Waals surface area (Å²) in [5.41, 5.74) is 1.65. The molecule has 114 valence electrons. The summed E-state index contributed by atoms with van der Waals surface area (Å²) in [6.45, 7) is 0.841. The molecule has 2 N–H and O–H groups in total. The SMILES string of the molecule is O=S(=O)(O)C1CCN(c2cncc3cnc4[nH]ccc4c23)C1. The minimum absolute atomic E-state index is 0.272. The quantitative estimate of drug-likeness (QED) is 0.696. The van der Waals surface area contributed by atoms with Crippen LogP contribution in [0.3, 0.4) is 0 Å². The molecule has 1 unspecified atom stereocenters. The van der Waals surface area contributed by atoms with E-state index in [1.54, 1.807) is 18.6 Å². The summed E-state index contributed by atoms with van der Waals surface area (Å²) in [6, 6.07) is 1.95. The van der Waals surface area contributed by atoms with Crippen LogP contribution >= 0.6 is 0 Å². The largest absolute Gasteiger partial charge is 0.368 e. The van der Waals surface area contributed by atoms with E-state index in [4.69, 9.17) is 0 Å². The van der Waals surface area contributed by atoms with Gasteiger partial charge in [0.05, 0.1) is 11.9 Å². The number of nitrogens with zero attached hydrogens (tertiary/aromatic N) is 3. The number of hydrogen-bond donors (Lipinski definition) is 2. The van der Waals surface area contributed by atoms with E-state index in [1.807, 2.05) is 17.2 Å². The highest BCUT2D eigenvalue weighted by atomic mass is 32.2. The van der Waals surface area contributed by atoms with Gasteiger partial charge in [0.15, 0.2) is 0 Å². The molecule has 8 heteroatoms. The molecule has 0 bridgehead atoms. The number of hydrogen-bond acceptors (Lipinski definition) is 5. The van der Waals surface area contributed by atoms with Gasteiger partial charge in [-0.05, 0) is 12.5 Å². The Hall–Kier alpha value is -2.19. The maximum atomic E-state index is 11.3. The Bertz CT molecular complexity index is 967. The van der Waals surface area contributed by atoms with Gasteiger partial charge in [-0.1, -0.05) is 0 Å². The Kier molecular flexibility index (Phi) is 2.85. The molecule has 3 aromatic rings. The number of rotatable bonds is 2. The number of aromatic nitrogens is 3. The van der Waals surface area contributed by atoms with Crippen molar-refractivity contribution in [3.63, 3.8) is 0 Å². The lowest BCUT2D eigenvalue weighted by Gasteiger charge is -2.20. The molecule has 1 atom stereocenters. The summed E-state index contributed by atoms with van der Waals surface area (Å²) in [5, 5.41) is 2.13. The first-order valence-electron chi connectivity index (χ1n) is 6.95. The number of nitrogens with one attached hydrogen (secondary N) is 1. The number of H-pyrrole nitrogens is 1. The highest BCUT2D eigenvalue weighted by molar-refractivity contribution is 7.86. The predicted octanol–water partition coefficient (Wildman–Crippen LogP) is 1.58. The van der Waals surface area contributed by atoms with Gasteiger partial charge in [0, 0.05) is 47.8 Å². The van der Waals surface area contributed by atoms with Crippen LogP contribution in [0.1, 0.15) is 6.42 Å². The van der Waals surface area contributed by atoms with Crippen molar-refractivity contribution in [2.24, 2.45) is 0 Å². The number of fused-ring (bicyclic) bond motifs is 3. The molecular weight excluding hydrogens is 304 g/mol. The van der Waals surface area contributed by atoms with Gasteiger partial charge in [-0.15, -0.1) is 0 Å². The summed E-state index contributed by atoms with van der Waals surface area (Å²) >= 11 is 0. The van der Waals surface area contributed by atoms with Crippen LogP contribution in [-0.4, -0.2) is 46.3 Å². The number of aromatic amines is 1. The second-order valence-electron chi connectivity index (χ2n) is 5.49. The van der Waals surface area contributed by atoms with Crippen LogP contribution in [-0.2, 0) is 10.1 Å². The van der Waals surface area contributed by atoms with Gasteiger partial charge in [-0.25, -0.2) is 4.98 Å². The Balaban J connectivity index is 1.87. The molecule has 3 aromatic heterocycles. The Morgan fingerprint density at radius 3 is 2.95 bits per heavy atom. The van der Waals surface area contributed by atoms with Gasteiger partial charge in [0.2, 0.25) is 0 Å². The molecule has 0 aliphatic carbocycles. The van der Waals surface area contributed by atoms with E-state index in [0.29, 0.717) is 13.0 Å². The van der Waals surface area contributed by atoms with E-state index in [2.05, 4.69) is 15.0 Å². The molecule has 1 aliphatic rings. The lowest BCUT2D eigenvalue weighted by Crippen LogP contribution is -2.26. The number of anilines is 1. The molecule has 4 heterocycles. The van der Waals surface area contributed by atoms with Gasteiger partial charge < -0.3 is 9.88 Å². The Morgan fingerprint density at radius 1 is 1.32 bits per heavy atom. The van der Waals surface area contributed by atoms with Crippen LogP contribution in [0.2, 0.25) is 0 Å². The second kappa shape index (κ2) is 4.65. The molecule has 1 aliphatic heterocycles. The summed E-state index contributed by atoms with van der Waals surface area (Å²) < 4.78 is 31.9. The van der Waals surface area contributed by atoms with Crippen LogP contribution in [0.15, 0.2) is 30.9 Å². The average molecular weight is 318 g/mol. The van der Waals surface area contributed by atoms with Gasteiger partial charge in [0.25, 0.3) is 10.1 Å². The second-order valence-corrected chi connectivity index (χ2v) is 7.19. The van der Waals surface area contributed by atoms with Crippen LogP contribution in [0.4, 0.5) is 5.69 Å². The Labute approximate surface area is 126 Å². The molecule has 0 amide bonds. The fourth-order valence-electron chi connectivity index (χ4n) is 3.09. The predicted molar refractivity (Wildman–Crippen MR) is 83.6 cm³/mol. The molecule has 22 heavy (non-hydrogen) atoms. The summed E-state index contributed by atoms with van der Waals surface area (Å²) in [7, 11) is -4.01. The zero-order valence-electron chi connectivity index (χ0n) is 11.6. The first kappa shape index (κ1) is 13.5. The van der Waals surface area contributed by atoms with Crippen molar-refractivity contribution in [1.29, 1.82) is 0 Å². The van der Waals surface area contributed by atoms with Crippen molar-refractivity contribution in [3.05, 3.63) is 30.9 Å². The summed E-state index contributed by atoms with van der Waals surface area (Å²) in [6.07, 6.45) is 7.47. The maximum absolute atomic E-state index is 11.3. The standard InChI is InChI=1S/C14H14N4O3S/c19-22(20,21)10-2-4-18(8-10)12-7-15-5-9-6-17-14-11(13(9)12)1-3-16-14/h1,3,5-7,10H,2,4,8H2,(H,16,17)(H,19,20,21). The molecule has 0 spiro atoms. The molecular formula is C14H14N4O3S. The van der Waals surface area contributed by atoms with Crippen molar-refractivity contribution < 1.29 is 13.0 Å². The van der Waals surface area contributed by atoms with Gasteiger partial charge >= 0.3 is 0 Å². The van der Waals surface area contributed by atoms with Crippen molar-refractivity contribution in [1.82, 2.24) is 15.0 Å². The van der Waals surface area contributed by atoms with Gasteiger partial charge in [0.1, 0.15) is 10.9 Å². The highest BCUT2D eigenvalue weighted by Crippen LogP contribution is 2.33. The normalized spacial score (nSPS) is 19.3. The third kappa shape index (κ3) is 2.03. The smallest absolute Gasteiger partial charge is 0.269 e. The molecule has 0 radical (unpaired) electrons. The minimum atomic E-state index is -4.01. The van der Waals surface area contributed by atoms with Crippen LogP contribution in [0, 0.1) is 0 Å². The number of pyridine rings is 2. The van der Waals surface area contributed by atoms with Crippen LogP contribution < -0.4 is 4.90 Å². The fraction of sp³-hybridized carbons (Fsp3) is 0.286. The van der Waals surface area contributed by atoms with E-state index in [0.717, 1.165) is 27.5 Å². The summed E-state index contributed by atoms with van der Waals surface area (Å²) in [4.78, 5) is 13.6. The molecule has 1 fully saturated rings. The maximum Gasteiger partial charge on any atom is 0.269 e. The first-order valence-corrected chi connectivity index (χ1v) is 8.45. The van der Waals surface area contributed by atoms with Crippen molar-refractivity contribution in [3.8, 4) is 0 Å². The van der Waals surface area contributed by atoms with E-state index in [-0.39, 0.29) is 6.54 Å². The third-order valence-electron chi connectivity index (χ3n) is 4.19. The zero-order chi connectivity index (χ0) is 15.3. The monoisotopic (exact) mass is 318 g/mol. The van der Waals surface area contributed by atoms with Gasteiger partial charge in [-0.2, -0.15) is 8.42 Å². The van der Waals surface area contributed by atoms with Crippen LogP contribution in [0.5, 0.6) is 0 Å². The molecule has 0 saturated carbocycles. The molecule has 0 aromatic carbocycles. The van der Waals surface area contributed by atoms with Gasteiger partial charge in [-0.3, -0.25) is 9.54 Å². The van der Waals surface area contributed by atoms with E-state index in [9.17, 15) is 13.0 Å². The topological polar surface area (TPSA) is 99.2 Å². The lowest BCUT2D eigenvalue weighted by molar-refractivity contribution is 0.470. The fourth-order valence-corrected chi connectivity index (χ4v) is 3.86. The highest BCUT2D eigenvalue weighted by Gasteiger charge is 2.32. The summed E-state index contributed by atoms with van der Waals surface area (Å²) in [5.74, 6) is 0. The van der Waals surface area contributed by atoms with Crippen molar-refractivity contribution in [2.75, 3.05) is 18.0 Å². The molecule has 7 nitrogen and oxygen atoms in total. The molecule has 1 saturated heterocycles. The third-order valence-corrected chi connectivity index (χ3v) is 5.42. The van der Waals surface area contributed by atoms with E-state index >= 15 is 0 Å². The molecule has 4 rings (SSSR count). The zero-order valence-corrected chi connectivity index (χ0v) is 12.4. The average Bonchev–Trinajstić information content (AvgIpc) is 3.15.